The summed E-state index contributed by atoms with van der Waals surface area (Å²) in [6.45, 7) is 1.14. The van der Waals surface area contributed by atoms with Crippen LogP contribution in [0, 0.1) is 34.5 Å². The first-order valence-electron chi connectivity index (χ1n) is 10.8. The van der Waals surface area contributed by atoms with Gasteiger partial charge in [-0.05, 0) is 68.4 Å². The molecule has 0 radical (unpaired) electrons. The molecule has 3 atom stereocenters. The fraction of sp³-hybridized carbons (Fsp3) is 0.636. The third-order valence-electron chi connectivity index (χ3n) is 7.66. The highest BCUT2D eigenvalue weighted by atomic mass is 16.6. The van der Waals surface area contributed by atoms with Gasteiger partial charge in [-0.3, -0.25) is 4.79 Å². The van der Waals surface area contributed by atoms with E-state index in [-0.39, 0.29) is 41.4 Å². The number of primary amides is 1. The first-order chi connectivity index (χ1) is 14.5. The number of rotatable bonds is 4. The molecule has 1 unspecified atom stereocenters. The third-order valence-corrected chi connectivity index (χ3v) is 7.66. The number of carbonyl (C=O) groups excluding carboxylic acids is 2. The van der Waals surface area contributed by atoms with Crippen molar-refractivity contribution < 1.29 is 14.3 Å². The second kappa shape index (κ2) is 7.15. The molecule has 8 nitrogen and oxygen atoms in total. The number of ether oxygens (including phenoxy) is 1. The van der Waals surface area contributed by atoms with Crippen LogP contribution in [0.15, 0.2) is 18.3 Å². The standard InChI is InChI=1S/C22H27N5O3/c23-11-14-2-1-4-25-19(14)26-17-3-5-27(12-17)21(29)30-18-15-6-13-7-16(18)10-22(8-13,9-15)20(24)28/h1-2,4,13,15-18H,3,5-10,12H2,(H2,24,28)(H,25,26)/t13?,15-,16-,17?,18?,22?/m1/s1. The second-order valence-electron chi connectivity index (χ2n) is 9.55. The molecule has 2 heterocycles. The summed E-state index contributed by atoms with van der Waals surface area (Å²) < 4.78 is 6.02. The van der Waals surface area contributed by atoms with Crippen LogP contribution in [0.4, 0.5) is 10.6 Å². The molecule has 3 N–H and O–H groups in total. The van der Waals surface area contributed by atoms with Crippen molar-refractivity contribution in [2.24, 2.45) is 28.9 Å². The molecule has 4 saturated carbocycles. The number of hydrogen-bond donors (Lipinski definition) is 2. The molecule has 1 saturated heterocycles. The van der Waals surface area contributed by atoms with E-state index in [1.54, 1.807) is 23.2 Å². The average molecular weight is 409 g/mol. The fourth-order valence-electron chi connectivity index (χ4n) is 6.51. The van der Waals surface area contributed by atoms with Crippen molar-refractivity contribution in [3.8, 4) is 6.07 Å². The third kappa shape index (κ3) is 3.17. The molecule has 6 rings (SSSR count). The zero-order valence-electron chi connectivity index (χ0n) is 16.9. The molecule has 0 aromatic carbocycles. The van der Waals surface area contributed by atoms with Crippen molar-refractivity contribution in [3.05, 3.63) is 23.9 Å². The van der Waals surface area contributed by atoms with Crippen LogP contribution in [0.25, 0.3) is 0 Å². The Kier molecular flexibility index (Phi) is 4.57. The van der Waals surface area contributed by atoms with Crippen LogP contribution >= 0.6 is 0 Å². The summed E-state index contributed by atoms with van der Waals surface area (Å²) in [6, 6.07) is 5.63. The first kappa shape index (κ1) is 19.2. The van der Waals surface area contributed by atoms with Gasteiger partial charge in [-0.1, -0.05) is 0 Å². The molecular weight excluding hydrogens is 382 g/mol. The molecule has 5 fully saturated rings. The van der Waals surface area contributed by atoms with Gasteiger partial charge in [0.25, 0.3) is 0 Å². The predicted molar refractivity (Wildman–Crippen MR) is 108 cm³/mol. The van der Waals surface area contributed by atoms with Crippen LogP contribution in [-0.4, -0.2) is 47.1 Å². The van der Waals surface area contributed by atoms with E-state index in [0.29, 0.717) is 30.4 Å². The van der Waals surface area contributed by atoms with Gasteiger partial charge < -0.3 is 20.7 Å². The van der Waals surface area contributed by atoms with Gasteiger partial charge in [0.15, 0.2) is 0 Å². The molecule has 1 aromatic heterocycles. The summed E-state index contributed by atoms with van der Waals surface area (Å²) in [6.07, 6.45) is 6.54. The zero-order chi connectivity index (χ0) is 20.9. The van der Waals surface area contributed by atoms with Crippen molar-refractivity contribution in [1.82, 2.24) is 9.88 Å². The number of nitrogens with zero attached hydrogens (tertiary/aromatic N) is 3. The second-order valence-corrected chi connectivity index (χ2v) is 9.55. The highest BCUT2D eigenvalue weighted by Crippen LogP contribution is 2.60. The maximum absolute atomic E-state index is 12.9. The van der Waals surface area contributed by atoms with Crippen molar-refractivity contribution in [2.45, 2.75) is 50.7 Å². The van der Waals surface area contributed by atoms with Crippen LogP contribution in [-0.2, 0) is 9.53 Å². The molecule has 158 valence electrons. The highest BCUT2D eigenvalue weighted by Gasteiger charge is 2.59. The Balaban J connectivity index is 1.20. The molecule has 4 aliphatic carbocycles. The maximum atomic E-state index is 12.9. The van der Waals surface area contributed by atoms with E-state index in [4.69, 9.17) is 10.5 Å². The van der Waals surface area contributed by atoms with Crippen molar-refractivity contribution in [1.29, 1.82) is 5.26 Å². The van der Waals surface area contributed by atoms with Gasteiger partial charge in [0.2, 0.25) is 5.91 Å². The van der Waals surface area contributed by atoms with E-state index < -0.39 is 0 Å². The van der Waals surface area contributed by atoms with Gasteiger partial charge in [0, 0.05) is 25.3 Å². The minimum Gasteiger partial charge on any atom is -0.446 e. The SMILES string of the molecule is N#Cc1cccnc1NC1CCN(C(=O)OC2[C@@H]3CC4C[C@@H]2CC(C(N)=O)(C4)C3)C1. The predicted octanol–water partition coefficient (Wildman–Crippen LogP) is 2.26. The highest BCUT2D eigenvalue weighted by molar-refractivity contribution is 5.81. The summed E-state index contributed by atoms with van der Waals surface area (Å²) in [5, 5.41) is 12.5. The molecule has 1 aromatic rings. The topological polar surface area (TPSA) is 121 Å². The number of anilines is 1. The molecule has 0 spiro atoms. The number of nitrogens with one attached hydrogen (secondary N) is 1. The summed E-state index contributed by atoms with van der Waals surface area (Å²) in [4.78, 5) is 31.0. The van der Waals surface area contributed by atoms with Gasteiger partial charge >= 0.3 is 6.09 Å². The lowest BCUT2D eigenvalue weighted by Crippen LogP contribution is -2.59. The maximum Gasteiger partial charge on any atom is 0.410 e. The summed E-state index contributed by atoms with van der Waals surface area (Å²) in [5.74, 6) is 1.41. The molecule has 4 bridgehead atoms. The summed E-state index contributed by atoms with van der Waals surface area (Å²) in [5.41, 5.74) is 5.87. The van der Waals surface area contributed by atoms with Crippen molar-refractivity contribution in [3.63, 3.8) is 0 Å². The lowest BCUT2D eigenvalue weighted by molar-refractivity contribution is -0.161. The number of pyridine rings is 1. The number of nitrogens with two attached hydrogens (primary N) is 1. The van der Waals surface area contributed by atoms with E-state index in [1.165, 1.54) is 0 Å². The van der Waals surface area contributed by atoms with E-state index in [1.807, 2.05) is 0 Å². The molecule has 1 aliphatic heterocycles. The Morgan fingerprint density at radius 3 is 2.77 bits per heavy atom. The van der Waals surface area contributed by atoms with Gasteiger partial charge in [0.05, 0.1) is 11.0 Å². The zero-order valence-corrected chi connectivity index (χ0v) is 16.9. The van der Waals surface area contributed by atoms with Crippen LogP contribution in [0.2, 0.25) is 0 Å². The summed E-state index contributed by atoms with van der Waals surface area (Å²) in [7, 11) is 0. The number of likely N-dealkylation sites (tertiary alicyclic amines) is 1. The average Bonchev–Trinajstić information content (AvgIpc) is 3.19. The Labute approximate surface area is 175 Å². The molecule has 2 amide bonds. The largest absolute Gasteiger partial charge is 0.446 e. The van der Waals surface area contributed by atoms with E-state index in [2.05, 4.69) is 16.4 Å². The fourth-order valence-corrected chi connectivity index (χ4v) is 6.51. The smallest absolute Gasteiger partial charge is 0.410 e. The number of hydrogen-bond acceptors (Lipinski definition) is 6. The Morgan fingerprint density at radius 1 is 1.30 bits per heavy atom. The number of nitriles is 1. The van der Waals surface area contributed by atoms with Gasteiger partial charge in [-0.15, -0.1) is 0 Å². The molecule has 5 aliphatic rings. The number of carbonyl (C=O) groups is 2. The minimum absolute atomic E-state index is 0.0381. The van der Waals surface area contributed by atoms with E-state index in [9.17, 15) is 14.9 Å². The van der Waals surface area contributed by atoms with Crippen LogP contribution in [0.3, 0.4) is 0 Å². The Hall–Kier alpha value is -2.82. The van der Waals surface area contributed by atoms with Crippen molar-refractivity contribution >= 4 is 17.8 Å². The van der Waals surface area contributed by atoms with Crippen LogP contribution in [0.1, 0.15) is 44.1 Å². The molecule has 30 heavy (non-hydrogen) atoms. The van der Waals surface area contributed by atoms with Crippen molar-refractivity contribution in [2.75, 3.05) is 18.4 Å². The van der Waals surface area contributed by atoms with E-state index in [0.717, 1.165) is 38.5 Å². The first-order valence-corrected chi connectivity index (χ1v) is 10.8. The van der Waals surface area contributed by atoms with E-state index >= 15 is 0 Å². The van der Waals surface area contributed by atoms with Gasteiger partial charge in [0.1, 0.15) is 18.0 Å². The van der Waals surface area contributed by atoms with Gasteiger partial charge in [-0.2, -0.15) is 5.26 Å². The summed E-state index contributed by atoms with van der Waals surface area (Å²) >= 11 is 0. The monoisotopic (exact) mass is 409 g/mol. The van der Waals surface area contributed by atoms with Crippen LogP contribution < -0.4 is 11.1 Å². The quantitative estimate of drug-likeness (QED) is 0.787. The minimum atomic E-state index is -0.372. The molecular formula is C22H27N5O3. The number of aromatic nitrogens is 1. The normalized spacial score (nSPS) is 36.4. The lowest BCUT2D eigenvalue weighted by Gasteiger charge is -2.58. The lowest BCUT2D eigenvalue weighted by atomic mass is 9.48. The van der Waals surface area contributed by atoms with Gasteiger partial charge in [-0.25, -0.2) is 9.78 Å². The van der Waals surface area contributed by atoms with Crippen LogP contribution in [0.5, 0.6) is 0 Å². The number of amides is 2. The molecule has 8 heteroatoms. The Bertz CT molecular complexity index is 896. The Morgan fingerprint density at radius 2 is 2.07 bits per heavy atom.